The summed E-state index contributed by atoms with van der Waals surface area (Å²) >= 11 is 0. The van der Waals surface area contributed by atoms with Crippen molar-refractivity contribution in [2.75, 3.05) is 7.05 Å². The predicted octanol–water partition coefficient (Wildman–Crippen LogP) is 2.52. The SMILES string of the molecule is CC(=O)N(C)Cc1c(O)ccc2ccccc12. The van der Waals surface area contributed by atoms with Crippen LogP contribution in [0.5, 0.6) is 5.75 Å². The monoisotopic (exact) mass is 229 g/mol. The van der Waals surface area contributed by atoms with E-state index in [1.54, 1.807) is 18.0 Å². The number of amides is 1. The summed E-state index contributed by atoms with van der Waals surface area (Å²) in [5.74, 6) is 0.217. The lowest BCUT2D eigenvalue weighted by Crippen LogP contribution is -2.23. The highest BCUT2D eigenvalue weighted by Crippen LogP contribution is 2.27. The summed E-state index contributed by atoms with van der Waals surface area (Å²) in [7, 11) is 1.73. The molecule has 1 N–H and O–H groups in total. The van der Waals surface area contributed by atoms with Crippen molar-refractivity contribution in [3.05, 3.63) is 42.0 Å². The summed E-state index contributed by atoms with van der Waals surface area (Å²) in [6.45, 7) is 1.94. The number of carbonyl (C=O) groups excluding carboxylic acids is 1. The van der Waals surface area contributed by atoms with Gasteiger partial charge in [0, 0.05) is 26.1 Å². The number of rotatable bonds is 2. The first-order chi connectivity index (χ1) is 8.09. The Morgan fingerprint density at radius 3 is 2.65 bits per heavy atom. The summed E-state index contributed by atoms with van der Waals surface area (Å²) < 4.78 is 0. The lowest BCUT2D eigenvalue weighted by atomic mass is 10.0. The number of nitrogens with zero attached hydrogens (tertiary/aromatic N) is 1. The van der Waals surface area contributed by atoms with E-state index in [2.05, 4.69) is 0 Å². The molecule has 0 saturated carbocycles. The maximum absolute atomic E-state index is 11.2. The molecule has 88 valence electrons. The molecule has 2 aromatic carbocycles. The number of benzene rings is 2. The van der Waals surface area contributed by atoms with Gasteiger partial charge in [0.05, 0.1) is 0 Å². The normalized spacial score (nSPS) is 10.5. The van der Waals surface area contributed by atoms with Crippen molar-refractivity contribution in [1.82, 2.24) is 4.90 Å². The summed E-state index contributed by atoms with van der Waals surface area (Å²) in [5, 5.41) is 12.0. The smallest absolute Gasteiger partial charge is 0.219 e. The van der Waals surface area contributed by atoms with Gasteiger partial charge in [0.2, 0.25) is 5.91 Å². The van der Waals surface area contributed by atoms with Crippen LogP contribution in [0.2, 0.25) is 0 Å². The van der Waals surface area contributed by atoms with E-state index < -0.39 is 0 Å². The predicted molar refractivity (Wildman–Crippen MR) is 67.8 cm³/mol. The molecule has 0 unspecified atom stereocenters. The van der Waals surface area contributed by atoms with Gasteiger partial charge in [-0.1, -0.05) is 30.3 Å². The molecule has 0 radical (unpaired) electrons. The van der Waals surface area contributed by atoms with Crippen LogP contribution in [0, 0.1) is 0 Å². The van der Waals surface area contributed by atoms with Crippen molar-refractivity contribution in [1.29, 1.82) is 0 Å². The van der Waals surface area contributed by atoms with Gasteiger partial charge in [-0.2, -0.15) is 0 Å². The van der Waals surface area contributed by atoms with Gasteiger partial charge >= 0.3 is 0 Å². The van der Waals surface area contributed by atoms with Gasteiger partial charge in [0.25, 0.3) is 0 Å². The van der Waals surface area contributed by atoms with Gasteiger partial charge in [-0.3, -0.25) is 4.79 Å². The quantitative estimate of drug-likeness (QED) is 0.859. The minimum atomic E-state index is -0.0164. The first-order valence-corrected chi connectivity index (χ1v) is 5.51. The van der Waals surface area contributed by atoms with Crippen LogP contribution in [-0.2, 0) is 11.3 Å². The fraction of sp³-hybridized carbons (Fsp3) is 0.214. The lowest BCUT2D eigenvalue weighted by molar-refractivity contribution is -0.128. The van der Waals surface area contributed by atoms with Gasteiger partial charge < -0.3 is 10.0 Å². The Bertz CT molecular complexity index is 563. The van der Waals surface area contributed by atoms with E-state index in [-0.39, 0.29) is 11.7 Å². The Morgan fingerprint density at radius 2 is 1.94 bits per heavy atom. The van der Waals surface area contributed by atoms with Crippen molar-refractivity contribution in [3.8, 4) is 5.75 Å². The Kier molecular flexibility index (Phi) is 3.00. The maximum atomic E-state index is 11.2. The van der Waals surface area contributed by atoms with Crippen molar-refractivity contribution in [2.24, 2.45) is 0 Å². The fourth-order valence-electron chi connectivity index (χ4n) is 1.84. The molecular formula is C14H15NO2. The molecular weight excluding hydrogens is 214 g/mol. The largest absolute Gasteiger partial charge is 0.508 e. The molecule has 0 saturated heterocycles. The standard InChI is InChI=1S/C14H15NO2/c1-10(16)15(2)9-13-12-6-4-3-5-11(12)7-8-14(13)17/h3-8,17H,9H2,1-2H3. The van der Waals surface area contributed by atoms with Crippen LogP contribution in [0.25, 0.3) is 10.8 Å². The van der Waals surface area contributed by atoms with Crippen LogP contribution in [0.4, 0.5) is 0 Å². The Balaban J connectivity index is 2.51. The van der Waals surface area contributed by atoms with E-state index in [0.29, 0.717) is 6.54 Å². The zero-order valence-corrected chi connectivity index (χ0v) is 9.97. The van der Waals surface area contributed by atoms with Crippen LogP contribution in [-0.4, -0.2) is 23.0 Å². The summed E-state index contributed by atoms with van der Waals surface area (Å²) in [6, 6.07) is 11.4. The first-order valence-electron chi connectivity index (χ1n) is 5.51. The lowest BCUT2D eigenvalue weighted by Gasteiger charge is -2.17. The average molecular weight is 229 g/mol. The van der Waals surface area contributed by atoms with Crippen LogP contribution < -0.4 is 0 Å². The molecule has 0 atom stereocenters. The number of phenols is 1. The van der Waals surface area contributed by atoms with Gasteiger partial charge in [-0.15, -0.1) is 0 Å². The summed E-state index contributed by atoms with van der Waals surface area (Å²) in [6.07, 6.45) is 0. The van der Waals surface area contributed by atoms with Gasteiger partial charge in [-0.25, -0.2) is 0 Å². The van der Waals surface area contributed by atoms with Crippen molar-refractivity contribution in [3.63, 3.8) is 0 Å². The molecule has 0 spiro atoms. The maximum Gasteiger partial charge on any atom is 0.219 e. The third-order valence-corrected chi connectivity index (χ3v) is 2.95. The highest BCUT2D eigenvalue weighted by molar-refractivity contribution is 5.88. The second-order valence-electron chi connectivity index (χ2n) is 4.16. The number of phenolic OH excluding ortho intramolecular Hbond substituents is 1. The molecule has 0 aliphatic carbocycles. The van der Waals surface area contributed by atoms with Gasteiger partial charge in [0.15, 0.2) is 0 Å². The zero-order valence-electron chi connectivity index (χ0n) is 9.97. The molecule has 2 aromatic rings. The van der Waals surface area contributed by atoms with E-state index in [4.69, 9.17) is 0 Å². The van der Waals surface area contributed by atoms with Crippen LogP contribution in [0.1, 0.15) is 12.5 Å². The van der Waals surface area contributed by atoms with Crippen molar-refractivity contribution >= 4 is 16.7 Å². The molecule has 0 heterocycles. The van der Waals surface area contributed by atoms with Gasteiger partial charge in [0.1, 0.15) is 5.75 Å². The molecule has 17 heavy (non-hydrogen) atoms. The van der Waals surface area contributed by atoms with E-state index in [9.17, 15) is 9.90 Å². The Morgan fingerprint density at radius 1 is 1.24 bits per heavy atom. The van der Waals surface area contributed by atoms with Crippen LogP contribution in [0.3, 0.4) is 0 Å². The highest BCUT2D eigenvalue weighted by atomic mass is 16.3. The topological polar surface area (TPSA) is 40.5 Å². The summed E-state index contributed by atoms with van der Waals surface area (Å²) in [4.78, 5) is 12.8. The minimum Gasteiger partial charge on any atom is -0.508 e. The molecule has 1 amide bonds. The molecule has 0 aliphatic rings. The number of hydrogen-bond acceptors (Lipinski definition) is 2. The molecule has 3 nitrogen and oxygen atoms in total. The molecule has 0 fully saturated rings. The molecule has 0 bridgehead atoms. The van der Waals surface area contributed by atoms with E-state index in [0.717, 1.165) is 16.3 Å². The fourth-order valence-corrected chi connectivity index (χ4v) is 1.84. The molecule has 0 aromatic heterocycles. The van der Waals surface area contributed by atoms with E-state index in [1.165, 1.54) is 6.92 Å². The molecule has 3 heteroatoms. The number of carbonyl (C=O) groups is 1. The van der Waals surface area contributed by atoms with Gasteiger partial charge in [-0.05, 0) is 16.8 Å². The van der Waals surface area contributed by atoms with E-state index in [1.807, 2.05) is 30.3 Å². The molecule has 0 aliphatic heterocycles. The number of fused-ring (bicyclic) bond motifs is 1. The third kappa shape index (κ3) is 2.23. The van der Waals surface area contributed by atoms with Crippen LogP contribution >= 0.6 is 0 Å². The van der Waals surface area contributed by atoms with Crippen molar-refractivity contribution < 1.29 is 9.90 Å². The third-order valence-electron chi connectivity index (χ3n) is 2.95. The average Bonchev–Trinajstić information content (AvgIpc) is 2.32. The molecule has 2 rings (SSSR count). The van der Waals surface area contributed by atoms with E-state index >= 15 is 0 Å². The second-order valence-corrected chi connectivity index (χ2v) is 4.16. The number of hydrogen-bond donors (Lipinski definition) is 1. The highest BCUT2D eigenvalue weighted by Gasteiger charge is 2.10. The minimum absolute atomic E-state index is 0.0164. The zero-order chi connectivity index (χ0) is 12.4. The Labute approximate surface area is 100 Å². The van der Waals surface area contributed by atoms with Crippen molar-refractivity contribution in [2.45, 2.75) is 13.5 Å². The second kappa shape index (κ2) is 4.45. The first kappa shape index (κ1) is 11.5. The van der Waals surface area contributed by atoms with Crippen LogP contribution in [0.15, 0.2) is 36.4 Å². The summed E-state index contributed by atoms with van der Waals surface area (Å²) in [5.41, 5.74) is 0.792. The Hall–Kier alpha value is -2.03. The number of aromatic hydroxyl groups is 1.